The van der Waals surface area contributed by atoms with Gasteiger partial charge in [-0.05, 0) is 26.0 Å². The smallest absolute Gasteiger partial charge is 0.402 e. The Morgan fingerprint density at radius 2 is 1.96 bits per heavy atom. The molecule has 0 radical (unpaired) electrons. The summed E-state index contributed by atoms with van der Waals surface area (Å²) < 4.78 is 13.0. The van der Waals surface area contributed by atoms with Gasteiger partial charge in [-0.25, -0.2) is 9.55 Å². The fraction of sp³-hybridized carbons (Fsp3) is 0.368. The van der Waals surface area contributed by atoms with E-state index in [4.69, 9.17) is 19.6 Å². The number of pyridine rings is 1. The molecule has 0 spiro atoms. The Morgan fingerprint density at radius 3 is 2.64 bits per heavy atom. The van der Waals surface area contributed by atoms with E-state index in [0.29, 0.717) is 5.75 Å². The number of hydrogen-bond donors (Lipinski definition) is 2. The molecule has 0 saturated carbocycles. The van der Waals surface area contributed by atoms with E-state index < -0.39 is 0 Å². The Bertz CT molecular complexity index is 950. The molecule has 1 aromatic carbocycles. The molecule has 0 aliphatic rings. The van der Waals surface area contributed by atoms with Gasteiger partial charge in [0.15, 0.2) is 5.52 Å². The third-order valence-corrected chi connectivity index (χ3v) is 6.57. The minimum atomic E-state index is 0. The summed E-state index contributed by atoms with van der Waals surface area (Å²) >= 11 is 0. The van der Waals surface area contributed by atoms with Crippen molar-refractivity contribution in [3.63, 3.8) is 0 Å². The fourth-order valence-electron chi connectivity index (χ4n) is 3.03. The van der Waals surface area contributed by atoms with Gasteiger partial charge in [0.05, 0.1) is 32.8 Å². The van der Waals surface area contributed by atoms with Crippen molar-refractivity contribution in [2.45, 2.75) is 19.6 Å². The molecule has 6 nitrogen and oxygen atoms in total. The lowest BCUT2D eigenvalue weighted by molar-refractivity contribution is -0.611. The van der Waals surface area contributed by atoms with Crippen LogP contribution in [0.1, 0.15) is 16.8 Å². The number of ether oxygens (including phenoxy) is 2. The number of H-pyrrole nitrogens is 1. The van der Waals surface area contributed by atoms with E-state index in [1.54, 1.807) is 35.8 Å². The highest BCUT2D eigenvalue weighted by Crippen LogP contribution is 2.30. The molecule has 3 aromatic rings. The summed E-state index contributed by atoms with van der Waals surface area (Å²) in [6, 6.07) is 5.80. The van der Waals surface area contributed by atoms with Gasteiger partial charge in [-0.15, -0.1) is 0 Å². The van der Waals surface area contributed by atoms with Gasteiger partial charge >= 0.3 is 5.95 Å². The first-order chi connectivity index (χ1) is 13.1. The molecule has 0 unspecified atom stereocenters. The predicted molar refractivity (Wildman–Crippen MR) is 111 cm³/mol. The van der Waals surface area contributed by atoms with E-state index in [9.17, 15) is 0 Å². The number of imidazole rings is 1. The molecule has 2 N–H and O–H groups in total. The number of aliphatic hydroxyl groups is 1. The highest BCUT2D eigenvalue weighted by Gasteiger charge is 2.22. The van der Waals surface area contributed by atoms with E-state index in [-0.39, 0.29) is 19.0 Å². The van der Waals surface area contributed by atoms with Crippen molar-refractivity contribution in [2.75, 3.05) is 26.6 Å². The molecule has 0 fully saturated rings. The molecule has 0 saturated heterocycles. The molecule has 2 aromatic heterocycles. The average molecular weight is 442 g/mol. The molecule has 0 aliphatic heterocycles. The van der Waals surface area contributed by atoms with Crippen molar-refractivity contribution in [3.05, 3.63) is 41.2 Å². The third-order valence-electron chi connectivity index (χ3n) is 4.31. The summed E-state index contributed by atoms with van der Waals surface area (Å²) in [7, 11) is 6.72. The van der Waals surface area contributed by atoms with E-state index in [0.717, 1.165) is 51.1 Å². The number of nitrogens with one attached hydrogen (secondary N) is 1. The van der Waals surface area contributed by atoms with Gasteiger partial charge in [0.2, 0.25) is 0 Å². The van der Waals surface area contributed by atoms with Gasteiger partial charge in [-0.3, -0.25) is 0 Å². The number of fused-ring (bicyclic) bond motifs is 1. The van der Waals surface area contributed by atoms with Crippen LogP contribution in [0.25, 0.3) is 17.0 Å². The SMILES string of the molecule is COc1ccc2nc(-[n+]3cc(C)c(OC)c(C)c3CSSCCO)[nH]c2c1.[Cl-]. The Morgan fingerprint density at radius 1 is 1.18 bits per heavy atom. The minimum Gasteiger partial charge on any atom is -1.00 e. The molecule has 0 bridgehead atoms. The second kappa shape index (κ2) is 10.2. The first-order valence-electron chi connectivity index (χ1n) is 8.57. The van der Waals surface area contributed by atoms with Crippen LogP contribution in [0, 0.1) is 13.8 Å². The zero-order valence-corrected chi connectivity index (χ0v) is 18.7. The van der Waals surface area contributed by atoms with Gasteiger partial charge < -0.3 is 27.0 Å². The first kappa shape index (κ1) is 22.7. The van der Waals surface area contributed by atoms with Crippen LogP contribution < -0.4 is 26.4 Å². The molecule has 0 atom stereocenters. The van der Waals surface area contributed by atoms with Gasteiger partial charge in [-0.1, -0.05) is 26.6 Å². The summed E-state index contributed by atoms with van der Waals surface area (Å²) in [6.07, 6.45) is 2.05. The number of rotatable bonds is 8. The van der Waals surface area contributed by atoms with Crippen LogP contribution in [-0.2, 0) is 5.75 Å². The maximum Gasteiger partial charge on any atom is 0.402 e. The monoisotopic (exact) mass is 441 g/mol. The lowest BCUT2D eigenvalue weighted by atomic mass is 10.1. The van der Waals surface area contributed by atoms with Crippen LogP contribution >= 0.6 is 21.6 Å². The van der Waals surface area contributed by atoms with Crippen molar-refractivity contribution < 1.29 is 31.6 Å². The standard InChI is InChI=1S/C19H24N3O3S2.ClH/c1-12-10-22(17(11-27-26-8-7-23)13(2)18(12)25-4)19-20-15-6-5-14(24-3)9-16(15)21-19;/h5-6,9-10,23H,7-8,11H2,1-4H3,(H,20,21);1H/q+1;/p-1. The average Bonchev–Trinajstić information content (AvgIpc) is 3.09. The Hall–Kier alpha value is -1.61. The van der Waals surface area contributed by atoms with Crippen LogP contribution in [0.15, 0.2) is 24.4 Å². The summed E-state index contributed by atoms with van der Waals surface area (Å²) in [5, 5.41) is 9.01. The van der Waals surface area contributed by atoms with Crippen molar-refractivity contribution in [1.82, 2.24) is 9.97 Å². The molecule has 3 rings (SSSR count). The van der Waals surface area contributed by atoms with E-state index >= 15 is 0 Å². The summed E-state index contributed by atoms with van der Waals surface area (Å²) in [5.74, 6) is 3.92. The number of nitrogens with zero attached hydrogens (tertiary/aromatic N) is 2. The van der Waals surface area contributed by atoms with Crippen molar-refractivity contribution in [3.8, 4) is 17.4 Å². The highest BCUT2D eigenvalue weighted by atomic mass is 35.5. The van der Waals surface area contributed by atoms with Gasteiger partial charge in [0, 0.05) is 22.9 Å². The first-order valence-corrected chi connectivity index (χ1v) is 11.1. The molecular formula is C19H24ClN3O3S2. The number of halogens is 1. The predicted octanol–water partition coefficient (Wildman–Crippen LogP) is 0.351. The highest BCUT2D eigenvalue weighted by molar-refractivity contribution is 8.76. The number of aliphatic hydroxyl groups excluding tert-OH is 1. The lowest BCUT2D eigenvalue weighted by Gasteiger charge is -2.15. The zero-order chi connectivity index (χ0) is 19.4. The van der Waals surface area contributed by atoms with E-state index in [1.807, 2.05) is 31.3 Å². The molecule has 9 heteroatoms. The van der Waals surface area contributed by atoms with Crippen molar-refractivity contribution >= 4 is 32.6 Å². The van der Waals surface area contributed by atoms with Crippen LogP contribution in [0.5, 0.6) is 11.5 Å². The second-order valence-corrected chi connectivity index (χ2v) is 8.62. The Kier molecular flexibility index (Phi) is 8.30. The molecule has 0 aliphatic carbocycles. The van der Waals surface area contributed by atoms with Gasteiger partial charge in [0.1, 0.15) is 22.7 Å². The van der Waals surface area contributed by atoms with Crippen LogP contribution in [-0.4, -0.2) is 41.7 Å². The molecule has 28 heavy (non-hydrogen) atoms. The van der Waals surface area contributed by atoms with Gasteiger partial charge in [0.25, 0.3) is 0 Å². The third kappa shape index (κ3) is 4.68. The number of methoxy groups -OCH3 is 2. The zero-order valence-electron chi connectivity index (χ0n) is 16.3. The maximum absolute atomic E-state index is 9.01. The van der Waals surface area contributed by atoms with E-state index in [1.165, 1.54) is 0 Å². The summed E-state index contributed by atoms with van der Waals surface area (Å²) in [4.78, 5) is 8.15. The van der Waals surface area contributed by atoms with Crippen LogP contribution in [0.2, 0.25) is 0 Å². The van der Waals surface area contributed by atoms with Gasteiger partial charge in [-0.2, -0.15) is 0 Å². The van der Waals surface area contributed by atoms with Crippen LogP contribution in [0.3, 0.4) is 0 Å². The van der Waals surface area contributed by atoms with Crippen LogP contribution in [0.4, 0.5) is 0 Å². The quantitative estimate of drug-likeness (QED) is 0.298. The maximum atomic E-state index is 9.01. The Balaban J connectivity index is 0.00000280. The molecule has 2 heterocycles. The molecule has 0 amide bonds. The largest absolute Gasteiger partial charge is 1.00 e. The normalized spacial score (nSPS) is 10.8. The summed E-state index contributed by atoms with van der Waals surface area (Å²) in [6.45, 7) is 4.28. The minimum absolute atomic E-state index is 0. The second-order valence-electron chi connectivity index (χ2n) is 6.04. The topological polar surface area (TPSA) is 71.2 Å². The number of aromatic amines is 1. The molecular weight excluding hydrogens is 418 g/mol. The van der Waals surface area contributed by atoms with E-state index in [2.05, 4.69) is 16.5 Å². The number of aromatic nitrogens is 3. The molecule has 152 valence electrons. The van der Waals surface area contributed by atoms with Crippen molar-refractivity contribution in [2.24, 2.45) is 0 Å². The number of aryl methyl sites for hydroxylation is 1. The van der Waals surface area contributed by atoms with Crippen molar-refractivity contribution in [1.29, 1.82) is 0 Å². The fourth-order valence-corrected chi connectivity index (χ4v) is 4.93. The number of hydrogen-bond acceptors (Lipinski definition) is 6. The summed E-state index contributed by atoms with van der Waals surface area (Å²) in [5.41, 5.74) is 5.06. The lowest BCUT2D eigenvalue weighted by Crippen LogP contribution is -3.00. The number of benzene rings is 1. The Labute approximate surface area is 178 Å².